The van der Waals surface area contributed by atoms with Crippen molar-refractivity contribution in [2.45, 2.75) is 41.2 Å². The minimum absolute atomic E-state index is 0.0319. The lowest BCUT2D eigenvalue weighted by Crippen LogP contribution is -2.06. The Balaban J connectivity index is 1.61. The maximum Gasteiger partial charge on any atom is 0.206 e. The van der Waals surface area contributed by atoms with Crippen LogP contribution in [0.1, 0.15) is 5.56 Å². The molecule has 0 saturated carbocycles. The van der Waals surface area contributed by atoms with Gasteiger partial charge >= 0.3 is 0 Å². The Labute approximate surface area is 222 Å². The van der Waals surface area contributed by atoms with Crippen LogP contribution in [0.25, 0.3) is 0 Å². The molecule has 0 radical (unpaired) electrons. The van der Waals surface area contributed by atoms with E-state index in [0.717, 1.165) is 36.1 Å². The molecule has 0 amide bonds. The van der Waals surface area contributed by atoms with Gasteiger partial charge in [0.1, 0.15) is 0 Å². The first-order valence-corrected chi connectivity index (χ1v) is 17.3. The van der Waals surface area contributed by atoms with E-state index in [4.69, 9.17) is 0 Å². The number of rotatable bonds is 7. The Kier molecular flexibility index (Phi) is 7.12. The summed E-state index contributed by atoms with van der Waals surface area (Å²) in [5, 5.41) is 0. The highest BCUT2D eigenvalue weighted by atomic mass is 32.2. The molecule has 4 rings (SSSR count). The minimum atomic E-state index is -4.08. The van der Waals surface area contributed by atoms with Crippen LogP contribution in [0.5, 0.6) is 0 Å². The van der Waals surface area contributed by atoms with E-state index in [0.29, 0.717) is 0 Å². The lowest BCUT2D eigenvalue weighted by molar-refractivity contribution is 0.591. The first-order valence-electron chi connectivity index (χ1n) is 11.0. The SMILES string of the molecule is Cc1ccc(S(=O)(=O)c2ccc(S(=O)(=O)c3ccc(S(=O)(=O)c4ccc(S(C)(=O)=O)cc4)cc3)cc2)cc1. The molecule has 198 valence electrons. The number of aryl methyl sites for hydroxylation is 1. The second kappa shape index (κ2) is 9.77. The van der Waals surface area contributed by atoms with Gasteiger partial charge in [0.25, 0.3) is 0 Å². The molecule has 0 aliphatic rings. The van der Waals surface area contributed by atoms with Crippen LogP contribution < -0.4 is 0 Å². The average molecular weight is 591 g/mol. The molecule has 0 N–H and O–H groups in total. The smallest absolute Gasteiger partial charge is 0.206 e. The summed E-state index contributed by atoms with van der Waals surface area (Å²) in [5.41, 5.74) is 0.897. The van der Waals surface area contributed by atoms with E-state index >= 15 is 0 Å². The Morgan fingerprint density at radius 3 is 0.737 bits per heavy atom. The van der Waals surface area contributed by atoms with Crippen molar-refractivity contribution in [3.8, 4) is 0 Å². The van der Waals surface area contributed by atoms with Crippen molar-refractivity contribution in [2.24, 2.45) is 0 Å². The van der Waals surface area contributed by atoms with Crippen molar-refractivity contribution in [1.82, 2.24) is 0 Å². The molecule has 0 aliphatic carbocycles. The minimum Gasteiger partial charge on any atom is -0.224 e. The second-order valence-corrected chi connectivity index (χ2v) is 16.4. The van der Waals surface area contributed by atoms with E-state index in [1.165, 1.54) is 60.7 Å². The van der Waals surface area contributed by atoms with E-state index in [1.807, 2.05) is 6.92 Å². The Hall–Kier alpha value is -3.32. The summed E-state index contributed by atoms with van der Waals surface area (Å²) in [7, 11) is -15.4. The summed E-state index contributed by atoms with van der Waals surface area (Å²) in [6.45, 7) is 1.83. The van der Waals surface area contributed by atoms with Gasteiger partial charge in [-0.2, -0.15) is 0 Å². The summed E-state index contributed by atoms with van der Waals surface area (Å²) < 4.78 is 101. The van der Waals surface area contributed by atoms with Crippen LogP contribution in [-0.4, -0.2) is 39.9 Å². The summed E-state index contributed by atoms with van der Waals surface area (Å²) in [6.07, 6.45) is 1.01. The van der Waals surface area contributed by atoms with Crippen molar-refractivity contribution >= 4 is 39.3 Å². The maximum absolute atomic E-state index is 13.1. The van der Waals surface area contributed by atoms with Gasteiger partial charge < -0.3 is 0 Å². The van der Waals surface area contributed by atoms with Gasteiger partial charge in [-0.25, -0.2) is 33.7 Å². The summed E-state index contributed by atoms with van der Waals surface area (Å²) in [4.78, 5) is -0.681. The molecule has 0 atom stereocenters. The topological polar surface area (TPSA) is 137 Å². The zero-order valence-corrected chi connectivity index (χ0v) is 23.4. The molecular weight excluding hydrogens is 569 g/mol. The van der Waals surface area contributed by atoms with Crippen LogP contribution in [0, 0.1) is 6.92 Å². The van der Waals surface area contributed by atoms with Crippen LogP contribution in [0.15, 0.2) is 131 Å². The third-order valence-electron chi connectivity index (χ3n) is 5.78. The first-order chi connectivity index (χ1) is 17.6. The van der Waals surface area contributed by atoms with E-state index in [-0.39, 0.29) is 34.3 Å². The standard InChI is InChI=1S/C26H22O8S4/c1-19-3-5-21(6-4-19)36(29,30)23-11-13-25(14-12-23)38(33,34)26-17-15-24(16-18-26)37(31,32)22-9-7-20(8-10-22)35(2,27)28/h3-18H,1-2H3. The number of sulfone groups is 4. The predicted molar refractivity (Wildman–Crippen MR) is 140 cm³/mol. The van der Waals surface area contributed by atoms with Crippen molar-refractivity contribution < 1.29 is 33.7 Å². The van der Waals surface area contributed by atoms with Crippen LogP contribution in [0.4, 0.5) is 0 Å². The molecule has 0 heterocycles. The largest absolute Gasteiger partial charge is 0.224 e. The number of hydrogen-bond acceptors (Lipinski definition) is 8. The van der Waals surface area contributed by atoms with Crippen LogP contribution in [0.2, 0.25) is 0 Å². The molecule has 12 heteroatoms. The van der Waals surface area contributed by atoms with Gasteiger partial charge in [0, 0.05) is 6.26 Å². The lowest BCUT2D eigenvalue weighted by atomic mass is 10.2. The van der Waals surface area contributed by atoms with Gasteiger partial charge in [0.2, 0.25) is 29.5 Å². The molecule has 0 bridgehead atoms. The van der Waals surface area contributed by atoms with Crippen LogP contribution >= 0.6 is 0 Å². The predicted octanol–water partition coefficient (Wildman–Crippen LogP) is 3.90. The highest BCUT2D eigenvalue weighted by Gasteiger charge is 2.23. The highest BCUT2D eigenvalue weighted by Crippen LogP contribution is 2.28. The summed E-state index contributed by atoms with van der Waals surface area (Å²) in [6, 6.07) is 20.4. The fourth-order valence-corrected chi connectivity index (χ4v) is 8.00. The molecule has 0 aliphatic heterocycles. The van der Waals surface area contributed by atoms with Crippen molar-refractivity contribution in [3.05, 3.63) is 103 Å². The molecule has 0 fully saturated rings. The van der Waals surface area contributed by atoms with Gasteiger partial charge in [0.15, 0.2) is 9.84 Å². The van der Waals surface area contributed by atoms with E-state index in [9.17, 15) is 33.7 Å². The quantitative estimate of drug-likeness (QED) is 0.316. The van der Waals surface area contributed by atoms with Gasteiger partial charge in [-0.3, -0.25) is 0 Å². The lowest BCUT2D eigenvalue weighted by Gasteiger charge is -2.09. The van der Waals surface area contributed by atoms with Crippen LogP contribution in [0.3, 0.4) is 0 Å². The van der Waals surface area contributed by atoms with Gasteiger partial charge in [-0.05, 0) is 91.9 Å². The molecular formula is C26H22O8S4. The normalized spacial score (nSPS) is 12.8. The van der Waals surface area contributed by atoms with Crippen molar-refractivity contribution in [1.29, 1.82) is 0 Å². The maximum atomic E-state index is 13.1. The van der Waals surface area contributed by atoms with E-state index < -0.39 is 39.3 Å². The Morgan fingerprint density at radius 1 is 0.342 bits per heavy atom. The molecule has 4 aromatic rings. The van der Waals surface area contributed by atoms with Crippen molar-refractivity contribution in [2.75, 3.05) is 6.26 Å². The van der Waals surface area contributed by atoms with Crippen molar-refractivity contribution in [3.63, 3.8) is 0 Å². The monoisotopic (exact) mass is 590 g/mol. The molecule has 4 aromatic carbocycles. The number of benzene rings is 4. The molecule has 8 nitrogen and oxygen atoms in total. The first kappa shape index (κ1) is 27.7. The zero-order chi connectivity index (χ0) is 27.9. The third kappa shape index (κ3) is 5.30. The molecule has 0 spiro atoms. The van der Waals surface area contributed by atoms with Gasteiger partial charge in [0.05, 0.1) is 34.3 Å². The molecule has 0 aromatic heterocycles. The fourth-order valence-electron chi connectivity index (χ4n) is 3.59. The average Bonchev–Trinajstić information content (AvgIpc) is 2.88. The number of hydrogen-bond donors (Lipinski definition) is 0. The highest BCUT2D eigenvalue weighted by molar-refractivity contribution is 7.92. The molecule has 0 saturated heterocycles. The second-order valence-electron chi connectivity index (χ2n) is 8.51. The zero-order valence-electron chi connectivity index (χ0n) is 20.1. The summed E-state index contributed by atoms with van der Waals surface area (Å²) >= 11 is 0. The molecule has 0 unspecified atom stereocenters. The summed E-state index contributed by atoms with van der Waals surface area (Å²) in [5.74, 6) is 0. The third-order valence-corrected chi connectivity index (χ3v) is 12.3. The Morgan fingerprint density at radius 2 is 0.526 bits per heavy atom. The van der Waals surface area contributed by atoms with E-state index in [2.05, 4.69) is 0 Å². The van der Waals surface area contributed by atoms with Gasteiger partial charge in [-0.15, -0.1) is 0 Å². The Bertz CT molecular complexity index is 1920. The fraction of sp³-hybridized carbons (Fsp3) is 0.0769. The van der Waals surface area contributed by atoms with Crippen LogP contribution in [-0.2, 0) is 39.3 Å². The van der Waals surface area contributed by atoms with E-state index in [1.54, 1.807) is 12.1 Å². The van der Waals surface area contributed by atoms with Gasteiger partial charge in [-0.1, -0.05) is 17.7 Å². The molecule has 38 heavy (non-hydrogen) atoms.